The Balaban J connectivity index is 4.14. The molecule has 0 fully saturated rings. The van der Waals surface area contributed by atoms with Gasteiger partial charge in [0, 0.05) is 26.2 Å². The van der Waals surface area contributed by atoms with Gasteiger partial charge in [-0.2, -0.15) is 0 Å². The number of rotatable bonds is 7. The second-order valence-corrected chi connectivity index (χ2v) is 5.41. The smallest absolute Gasteiger partial charge is 0.221 e. The number of amides is 1. The average molecular weight is 246 g/mol. The third kappa shape index (κ3) is 7.31. The quantitative estimate of drug-likeness (QED) is 0.602. The fourth-order valence-electron chi connectivity index (χ4n) is 1.35. The minimum Gasteiger partial charge on any atom is -0.396 e. The van der Waals surface area contributed by atoms with E-state index in [-0.39, 0.29) is 36.4 Å². The fourth-order valence-corrected chi connectivity index (χ4v) is 1.35. The molecule has 0 aliphatic rings. The highest BCUT2D eigenvalue weighted by molar-refractivity contribution is 5.77. The molecular weight excluding hydrogens is 220 g/mol. The van der Waals surface area contributed by atoms with Gasteiger partial charge in [-0.15, -0.1) is 0 Å². The first-order valence-electron chi connectivity index (χ1n) is 5.96. The number of aliphatic hydroxyl groups excluding tert-OH is 1. The van der Waals surface area contributed by atoms with Crippen LogP contribution in [0.15, 0.2) is 0 Å². The van der Waals surface area contributed by atoms with Crippen LogP contribution in [0.3, 0.4) is 0 Å². The largest absolute Gasteiger partial charge is 0.396 e. The van der Waals surface area contributed by atoms with Crippen LogP contribution in [-0.2, 0) is 9.53 Å². The standard InChI is InChI=1S/C12H26N2O3/c1-12(2,3)10(13)7-11(16)14-9(5-6-15)8-17-4/h9-10,15H,5-8,13H2,1-4H3,(H,14,16). The van der Waals surface area contributed by atoms with Crippen LogP contribution >= 0.6 is 0 Å². The molecule has 2 unspecified atom stereocenters. The Morgan fingerprint density at radius 1 is 1.47 bits per heavy atom. The molecule has 0 saturated carbocycles. The summed E-state index contributed by atoms with van der Waals surface area (Å²) in [5.74, 6) is -0.0945. The zero-order valence-corrected chi connectivity index (χ0v) is 11.3. The molecular formula is C12H26N2O3. The van der Waals surface area contributed by atoms with Crippen molar-refractivity contribution in [1.82, 2.24) is 5.32 Å². The molecule has 5 heteroatoms. The van der Waals surface area contributed by atoms with Crippen molar-refractivity contribution >= 4 is 5.91 Å². The molecule has 0 heterocycles. The van der Waals surface area contributed by atoms with E-state index >= 15 is 0 Å². The Bertz CT molecular complexity index is 220. The number of nitrogens with two attached hydrogens (primary N) is 1. The van der Waals surface area contributed by atoms with Crippen molar-refractivity contribution in [2.75, 3.05) is 20.3 Å². The molecule has 0 aromatic carbocycles. The lowest BCUT2D eigenvalue weighted by molar-refractivity contribution is -0.123. The normalized spacial score (nSPS) is 15.4. The molecule has 0 spiro atoms. The van der Waals surface area contributed by atoms with Crippen LogP contribution in [0.2, 0.25) is 0 Å². The Hall–Kier alpha value is -0.650. The molecule has 2 atom stereocenters. The van der Waals surface area contributed by atoms with E-state index < -0.39 is 0 Å². The van der Waals surface area contributed by atoms with Crippen LogP contribution in [0.5, 0.6) is 0 Å². The molecule has 5 nitrogen and oxygen atoms in total. The van der Waals surface area contributed by atoms with Crippen LogP contribution in [0.25, 0.3) is 0 Å². The lowest BCUT2D eigenvalue weighted by Crippen LogP contribution is -2.44. The van der Waals surface area contributed by atoms with Gasteiger partial charge in [0.2, 0.25) is 5.91 Å². The Kier molecular flexibility index (Phi) is 7.34. The molecule has 0 radical (unpaired) electrons. The van der Waals surface area contributed by atoms with E-state index in [0.717, 1.165) is 0 Å². The number of hydrogen-bond donors (Lipinski definition) is 3. The number of carbonyl (C=O) groups is 1. The van der Waals surface area contributed by atoms with Crippen LogP contribution in [-0.4, -0.2) is 43.4 Å². The Morgan fingerprint density at radius 2 is 2.06 bits per heavy atom. The van der Waals surface area contributed by atoms with Crippen molar-refractivity contribution in [3.63, 3.8) is 0 Å². The molecule has 0 rings (SSSR count). The van der Waals surface area contributed by atoms with E-state index in [1.165, 1.54) is 0 Å². The minimum absolute atomic E-state index is 0.0274. The molecule has 102 valence electrons. The molecule has 1 amide bonds. The lowest BCUT2D eigenvalue weighted by atomic mass is 9.85. The van der Waals surface area contributed by atoms with Gasteiger partial charge in [-0.05, 0) is 11.8 Å². The molecule has 4 N–H and O–H groups in total. The predicted octanol–water partition coefficient (Wildman–Crippen LogP) is 0.264. The zero-order chi connectivity index (χ0) is 13.5. The van der Waals surface area contributed by atoms with E-state index in [2.05, 4.69) is 5.32 Å². The second-order valence-electron chi connectivity index (χ2n) is 5.41. The Labute approximate surface area is 104 Å². The summed E-state index contributed by atoms with van der Waals surface area (Å²) >= 11 is 0. The van der Waals surface area contributed by atoms with Crippen LogP contribution < -0.4 is 11.1 Å². The van der Waals surface area contributed by atoms with Crippen LogP contribution in [0.4, 0.5) is 0 Å². The maximum Gasteiger partial charge on any atom is 0.221 e. The van der Waals surface area contributed by atoms with Crippen LogP contribution in [0.1, 0.15) is 33.6 Å². The zero-order valence-electron chi connectivity index (χ0n) is 11.3. The summed E-state index contributed by atoms with van der Waals surface area (Å²) in [7, 11) is 1.57. The highest BCUT2D eigenvalue weighted by Crippen LogP contribution is 2.19. The monoisotopic (exact) mass is 246 g/mol. The third-order valence-electron chi connectivity index (χ3n) is 2.73. The number of ether oxygens (including phenoxy) is 1. The molecule has 0 aliphatic heterocycles. The van der Waals surface area contributed by atoms with Crippen molar-refractivity contribution in [3.05, 3.63) is 0 Å². The third-order valence-corrected chi connectivity index (χ3v) is 2.73. The molecule has 0 aromatic heterocycles. The van der Waals surface area contributed by atoms with E-state index in [4.69, 9.17) is 15.6 Å². The summed E-state index contributed by atoms with van der Waals surface area (Å²) in [4.78, 5) is 11.7. The van der Waals surface area contributed by atoms with Gasteiger partial charge < -0.3 is 20.9 Å². The van der Waals surface area contributed by atoms with E-state index in [9.17, 15) is 4.79 Å². The van der Waals surface area contributed by atoms with Gasteiger partial charge >= 0.3 is 0 Å². The number of aliphatic hydroxyl groups is 1. The van der Waals surface area contributed by atoms with Crippen molar-refractivity contribution in [1.29, 1.82) is 0 Å². The van der Waals surface area contributed by atoms with Gasteiger partial charge in [-0.1, -0.05) is 20.8 Å². The van der Waals surface area contributed by atoms with E-state index in [0.29, 0.717) is 13.0 Å². The Morgan fingerprint density at radius 3 is 2.47 bits per heavy atom. The van der Waals surface area contributed by atoms with Gasteiger partial charge in [0.25, 0.3) is 0 Å². The van der Waals surface area contributed by atoms with Gasteiger partial charge in [0.1, 0.15) is 0 Å². The van der Waals surface area contributed by atoms with E-state index in [1.807, 2.05) is 20.8 Å². The SMILES string of the molecule is COCC(CCO)NC(=O)CC(N)C(C)(C)C. The number of carbonyl (C=O) groups excluding carboxylic acids is 1. The molecule has 0 aliphatic carbocycles. The molecule has 0 bridgehead atoms. The number of hydrogen-bond acceptors (Lipinski definition) is 4. The molecule has 0 aromatic rings. The average Bonchev–Trinajstić information content (AvgIpc) is 2.16. The predicted molar refractivity (Wildman–Crippen MR) is 67.6 cm³/mol. The highest BCUT2D eigenvalue weighted by atomic mass is 16.5. The van der Waals surface area contributed by atoms with Crippen molar-refractivity contribution in [3.8, 4) is 0 Å². The summed E-state index contributed by atoms with van der Waals surface area (Å²) in [6, 6.07) is -0.329. The second kappa shape index (κ2) is 7.63. The first-order chi connectivity index (χ1) is 7.81. The maximum atomic E-state index is 11.7. The topological polar surface area (TPSA) is 84.6 Å². The molecule has 17 heavy (non-hydrogen) atoms. The summed E-state index contributed by atoms with van der Waals surface area (Å²) < 4.78 is 4.97. The van der Waals surface area contributed by atoms with E-state index in [1.54, 1.807) is 7.11 Å². The first kappa shape index (κ1) is 16.4. The van der Waals surface area contributed by atoms with Gasteiger partial charge in [0.05, 0.1) is 12.6 Å². The summed E-state index contributed by atoms with van der Waals surface area (Å²) in [5, 5.41) is 11.7. The first-order valence-corrected chi connectivity index (χ1v) is 5.96. The van der Waals surface area contributed by atoms with Gasteiger partial charge in [-0.25, -0.2) is 0 Å². The fraction of sp³-hybridized carbons (Fsp3) is 0.917. The van der Waals surface area contributed by atoms with Gasteiger partial charge in [0.15, 0.2) is 0 Å². The maximum absolute atomic E-state index is 11.7. The minimum atomic E-state index is -0.181. The van der Waals surface area contributed by atoms with Crippen molar-refractivity contribution in [2.45, 2.75) is 45.7 Å². The summed E-state index contributed by atoms with van der Waals surface area (Å²) in [6.07, 6.45) is 0.777. The summed E-state index contributed by atoms with van der Waals surface area (Å²) in [6.45, 7) is 6.44. The van der Waals surface area contributed by atoms with Crippen molar-refractivity contribution < 1.29 is 14.6 Å². The van der Waals surface area contributed by atoms with Crippen LogP contribution in [0, 0.1) is 5.41 Å². The van der Waals surface area contributed by atoms with Gasteiger partial charge in [-0.3, -0.25) is 4.79 Å². The highest BCUT2D eigenvalue weighted by Gasteiger charge is 2.24. The molecule has 0 saturated heterocycles. The summed E-state index contributed by atoms with van der Waals surface area (Å²) in [5.41, 5.74) is 5.84. The lowest BCUT2D eigenvalue weighted by Gasteiger charge is -2.27. The number of nitrogens with one attached hydrogen (secondary N) is 1. The van der Waals surface area contributed by atoms with Crippen molar-refractivity contribution in [2.24, 2.45) is 11.1 Å². The number of methoxy groups -OCH3 is 1.